The van der Waals surface area contributed by atoms with E-state index in [0.29, 0.717) is 10.2 Å². The molecule has 98 valence electrons. The number of rotatable bonds is 3. The fourth-order valence-electron chi connectivity index (χ4n) is 1.58. The van der Waals surface area contributed by atoms with Gasteiger partial charge in [0.15, 0.2) is 0 Å². The highest BCUT2D eigenvalue weighted by atomic mass is 79.9. The van der Waals surface area contributed by atoms with Gasteiger partial charge in [0.2, 0.25) is 0 Å². The van der Waals surface area contributed by atoms with Gasteiger partial charge in [-0.15, -0.1) is 0 Å². The van der Waals surface area contributed by atoms with E-state index in [-0.39, 0.29) is 17.1 Å². The van der Waals surface area contributed by atoms with Gasteiger partial charge in [0, 0.05) is 6.07 Å². The van der Waals surface area contributed by atoms with E-state index in [2.05, 4.69) is 21.0 Å². The van der Waals surface area contributed by atoms with Crippen molar-refractivity contribution in [2.45, 2.75) is 6.92 Å². The Morgan fingerprint density at radius 1 is 1.26 bits per heavy atom. The summed E-state index contributed by atoms with van der Waals surface area (Å²) in [5, 5.41) is 25.7. The lowest BCUT2D eigenvalue weighted by molar-refractivity contribution is -0.394. The van der Waals surface area contributed by atoms with Gasteiger partial charge in [-0.1, -0.05) is 0 Å². The molecule has 0 N–H and O–H groups in total. The number of aromatic nitrogens is 2. The third-order valence-corrected chi connectivity index (χ3v) is 3.32. The minimum Gasteiger partial charge on any atom is -0.258 e. The van der Waals surface area contributed by atoms with Crippen molar-refractivity contribution in [3.63, 3.8) is 0 Å². The lowest BCUT2D eigenvalue weighted by Crippen LogP contribution is -2.04. The van der Waals surface area contributed by atoms with E-state index in [0.717, 1.165) is 6.07 Å². The first-order valence-electron chi connectivity index (χ1n) is 5.05. The number of nitrogens with zero attached hydrogens (tertiary/aromatic N) is 4. The van der Waals surface area contributed by atoms with E-state index in [9.17, 15) is 20.2 Å². The zero-order valence-electron chi connectivity index (χ0n) is 9.61. The largest absolute Gasteiger partial charge is 0.301 e. The number of benzene rings is 1. The van der Waals surface area contributed by atoms with Crippen LogP contribution in [0.4, 0.5) is 11.4 Å². The van der Waals surface area contributed by atoms with Crippen LogP contribution in [0.5, 0.6) is 0 Å². The van der Waals surface area contributed by atoms with E-state index >= 15 is 0 Å². The lowest BCUT2D eigenvalue weighted by atomic mass is 10.2. The van der Waals surface area contributed by atoms with Gasteiger partial charge in [-0.25, -0.2) is 4.68 Å². The second kappa shape index (κ2) is 4.76. The van der Waals surface area contributed by atoms with Gasteiger partial charge in [-0.3, -0.25) is 20.2 Å². The average molecular weight is 327 g/mol. The summed E-state index contributed by atoms with van der Waals surface area (Å²) in [6.07, 6.45) is 1.50. The normalized spacial score (nSPS) is 10.4. The minimum absolute atomic E-state index is 0.179. The van der Waals surface area contributed by atoms with Gasteiger partial charge in [0.25, 0.3) is 5.69 Å². The molecular weight excluding hydrogens is 320 g/mol. The van der Waals surface area contributed by atoms with Gasteiger partial charge in [-0.2, -0.15) is 5.10 Å². The Balaban J connectivity index is 2.67. The first-order chi connectivity index (χ1) is 8.91. The van der Waals surface area contributed by atoms with Crippen molar-refractivity contribution in [3.8, 4) is 5.69 Å². The quantitative estimate of drug-likeness (QED) is 0.637. The molecule has 9 heteroatoms. The van der Waals surface area contributed by atoms with Crippen molar-refractivity contribution in [2.24, 2.45) is 0 Å². The monoisotopic (exact) mass is 326 g/mol. The zero-order valence-corrected chi connectivity index (χ0v) is 11.2. The standard InChI is InChI=1S/C10H7BrN4O4/c1-6-8(11)5-12-13(6)9-3-2-7(14(16)17)4-10(9)15(18)19/h2-5H,1H3. The van der Waals surface area contributed by atoms with Crippen molar-refractivity contribution in [1.29, 1.82) is 0 Å². The molecule has 0 spiro atoms. The fourth-order valence-corrected chi connectivity index (χ4v) is 1.84. The van der Waals surface area contributed by atoms with Crippen molar-refractivity contribution in [3.05, 3.63) is 54.8 Å². The summed E-state index contributed by atoms with van der Waals surface area (Å²) < 4.78 is 2.05. The molecule has 2 rings (SSSR count). The highest BCUT2D eigenvalue weighted by molar-refractivity contribution is 9.10. The highest BCUT2D eigenvalue weighted by Crippen LogP contribution is 2.29. The van der Waals surface area contributed by atoms with Crippen LogP contribution in [0.25, 0.3) is 5.69 Å². The Kier molecular flexibility index (Phi) is 3.30. The Bertz CT molecular complexity index is 682. The summed E-state index contributed by atoms with van der Waals surface area (Å²) in [4.78, 5) is 20.3. The number of hydrogen-bond acceptors (Lipinski definition) is 5. The Morgan fingerprint density at radius 3 is 2.42 bits per heavy atom. The van der Waals surface area contributed by atoms with Crippen LogP contribution in [0.2, 0.25) is 0 Å². The van der Waals surface area contributed by atoms with Crippen LogP contribution in [0.3, 0.4) is 0 Å². The van der Waals surface area contributed by atoms with Crippen LogP contribution in [0.1, 0.15) is 5.69 Å². The Morgan fingerprint density at radius 2 is 1.95 bits per heavy atom. The molecule has 8 nitrogen and oxygen atoms in total. The van der Waals surface area contributed by atoms with Gasteiger partial charge in [0.1, 0.15) is 5.69 Å². The van der Waals surface area contributed by atoms with Crippen molar-refractivity contribution in [2.75, 3.05) is 0 Å². The highest BCUT2D eigenvalue weighted by Gasteiger charge is 2.22. The molecule has 1 aromatic carbocycles. The molecule has 0 aliphatic rings. The number of nitro benzene ring substituents is 2. The van der Waals surface area contributed by atoms with Crippen LogP contribution in [0, 0.1) is 27.2 Å². The summed E-state index contributed by atoms with van der Waals surface area (Å²) in [5.41, 5.74) is 0.142. The van der Waals surface area contributed by atoms with Crippen molar-refractivity contribution in [1.82, 2.24) is 9.78 Å². The molecule has 0 unspecified atom stereocenters. The minimum atomic E-state index is -0.678. The maximum absolute atomic E-state index is 11.0. The molecule has 0 atom stereocenters. The molecule has 0 aliphatic heterocycles. The Hall–Kier alpha value is -2.29. The molecule has 0 fully saturated rings. The number of hydrogen-bond donors (Lipinski definition) is 0. The van der Waals surface area contributed by atoms with Crippen LogP contribution in [-0.4, -0.2) is 19.6 Å². The zero-order chi connectivity index (χ0) is 14.2. The lowest BCUT2D eigenvalue weighted by Gasteiger charge is -2.05. The number of non-ortho nitro benzene ring substituents is 1. The van der Waals surface area contributed by atoms with Gasteiger partial charge in [0.05, 0.1) is 32.3 Å². The summed E-state index contributed by atoms with van der Waals surface area (Å²) >= 11 is 3.25. The van der Waals surface area contributed by atoms with E-state index in [1.54, 1.807) is 6.92 Å². The molecule has 0 bridgehead atoms. The van der Waals surface area contributed by atoms with Crippen molar-refractivity contribution < 1.29 is 9.85 Å². The van der Waals surface area contributed by atoms with Crippen LogP contribution >= 0.6 is 15.9 Å². The molecule has 2 aromatic rings. The van der Waals surface area contributed by atoms with E-state index in [1.807, 2.05) is 0 Å². The number of nitro groups is 2. The molecule has 0 radical (unpaired) electrons. The van der Waals surface area contributed by atoms with E-state index in [4.69, 9.17) is 0 Å². The average Bonchev–Trinajstić information content (AvgIpc) is 2.69. The van der Waals surface area contributed by atoms with E-state index < -0.39 is 9.85 Å². The predicted molar refractivity (Wildman–Crippen MR) is 69.3 cm³/mol. The summed E-state index contributed by atoms with van der Waals surface area (Å²) in [6, 6.07) is 3.43. The van der Waals surface area contributed by atoms with Gasteiger partial charge in [-0.05, 0) is 28.9 Å². The molecule has 0 saturated heterocycles. The maximum Gasteiger partial charge on any atom is 0.301 e. The van der Waals surface area contributed by atoms with E-state index in [1.165, 1.54) is 23.0 Å². The Labute approximate surface area is 115 Å². The molecule has 0 saturated carbocycles. The summed E-state index contributed by atoms with van der Waals surface area (Å²) in [6.45, 7) is 1.72. The number of halogens is 1. The maximum atomic E-state index is 11.0. The second-order valence-corrected chi connectivity index (χ2v) is 4.53. The molecule has 0 amide bonds. The first-order valence-corrected chi connectivity index (χ1v) is 5.84. The third kappa shape index (κ3) is 2.32. The molecular formula is C10H7BrN4O4. The van der Waals surface area contributed by atoms with Gasteiger partial charge >= 0.3 is 5.69 Å². The first kappa shape index (κ1) is 13.1. The molecule has 19 heavy (non-hydrogen) atoms. The summed E-state index contributed by atoms with van der Waals surface area (Å²) in [5.74, 6) is 0. The third-order valence-electron chi connectivity index (χ3n) is 2.54. The molecule has 1 heterocycles. The molecule has 0 aliphatic carbocycles. The van der Waals surface area contributed by atoms with Crippen LogP contribution < -0.4 is 0 Å². The fraction of sp³-hybridized carbons (Fsp3) is 0.100. The SMILES string of the molecule is Cc1c(Br)cnn1-c1ccc([N+](=O)[O-])cc1[N+](=O)[O-]. The summed E-state index contributed by atoms with van der Waals surface area (Å²) in [7, 11) is 0. The topological polar surface area (TPSA) is 104 Å². The van der Waals surface area contributed by atoms with Crippen LogP contribution in [-0.2, 0) is 0 Å². The van der Waals surface area contributed by atoms with Crippen LogP contribution in [0.15, 0.2) is 28.9 Å². The smallest absolute Gasteiger partial charge is 0.258 e. The van der Waals surface area contributed by atoms with Gasteiger partial charge < -0.3 is 0 Å². The predicted octanol–water partition coefficient (Wildman–Crippen LogP) is 2.76. The second-order valence-electron chi connectivity index (χ2n) is 3.68. The molecule has 1 aromatic heterocycles. The van der Waals surface area contributed by atoms with Crippen molar-refractivity contribution >= 4 is 27.3 Å².